The maximum atomic E-state index is 10.5. The van der Waals surface area contributed by atoms with E-state index in [4.69, 9.17) is 10.5 Å². The Morgan fingerprint density at radius 3 is 2.78 bits per heavy atom. The standard InChI is InChI=1S/C13H22N2O2S/c1-12(2,3)11-15-9(6-18-11)10(16)13(7-14)4-5-17-8-13/h6,10,16H,4-5,7-8,14H2,1-3H3. The molecule has 0 aliphatic carbocycles. The van der Waals surface area contributed by atoms with E-state index < -0.39 is 6.10 Å². The van der Waals surface area contributed by atoms with Crippen LogP contribution in [-0.2, 0) is 10.2 Å². The smallest absolute Gasteiger partial charge is 0.106 e. The molecule has 2 heterocycles. The number of hydrogen-bond donors (Lipinski definition) is 2. The van der Waals surface area contributed by atoms with E-state index in [1.54, 1.807) is 11.3 Å². The summed E-state index contributed by atoms with van der Waals surface area (Å²) in [5.74, 6) is 0. The fraction of sp³-hybridized carbons (Fsp3) is 0.769. The molecular weight excluding hydrogens is 248 g/mol. The van der Waals surface area contributed by atoms with Gasteiger partial charge in [0.25, 0.3) is 0 Å². The average molecular weight is 270 g/mol. The molecule has 0 bridgehead atoms. The lowest BCUT2D eigenvalue weighted by Crippen LogP contribution is -2.37. The minimum Gasteiger partial charge on any atom is -0.386 e. The number of thiazole rings is 1. The van der Waals surface area contributed by atoms with Crippen molar-refractivity contribution in [2.45, 2.75) is 38.7 Å². The summed E-state index contributed by atoms with van der Waals surface area (Å²) < 4.78 is 5.40. The number of nitrogens with two attached hydrogens (primary N) is 1. The Balaban J connectivity index is 2.23. The molecule has 1 aliphatic rings. The Hall–Kier alpha value is -0.490. The zero-order valence-electron chi connectivity index (χ0n) is 11.3. The zero-order chi connectivity index (χ0) is 13.4. The monoisotopic (exact) mass is 270 g/mol. The lowest BCUT2D eigenvalue weighted by Gasteiger charge is -2.30. The zero-order valence-corrected chi connectivity index (χ0v) is 12.1. The first-order chi connectivity index (χ1) is 8.39. The van der Waals surface area contributed by atoms with Crippen LogP contribution < -0.4 is 5.73 Å². The second-order valence-electron chi connectivity index (χ2n) is 6.10. The highest BCUT2D eigenvalue weighted by atomic mass is 32.1. The van der Waals surface area contributed by atoms with E-state index >= 15 is 0 Å². The highest BCUT2D eigenvalue weighted by Gasteiger charge is 2.42. The molecule has 2 unspecified atom stereocenters. The van der Waals surface area contributed by atoms with E-state index in [0.29, 0.717) is 19.8 Å². The van der Waals surface area contributed by atoms with Crippen molar-refractivity contribution in [2.75, 3.05) is 19.8 Å². The quantitative estimate of drug-likeness (QED) is 0.879. The van der Waals surface area contributed by atoms with E-state index in [9.17, 15) is 5.11 Å². The first kappa shape index (κ1) is 13.9. The second-order valence-corrected chi connectivity index (χ2v) is 6.96. The molecule has 2 rings (SSSR count). The van der Waals surface area contributed by atoms with Crippen molar-refractivity contribution >= 4 is 11.3 Å². The molecule has 0 aromatic carbocycles. The van der Waals surface area contributed by atoms with E-state index in [1.807, 2.05) is 5.38 Å². The number of rotatable bonds is 3. The highest BCUT2D eigenvalue weighted by Crippen LogP contribution is 2.41. The molecule has 4 nitrogen and oxygen atoms in total. The van der Waals surface area contributed by atoms with Crippen LogP contribution in [0.2, 0.25) is 0 Å². The molecule has 102 valence electrons. The summed E-state index contributed by atoms with van der Waals surface area (Å²) in [5.41, 5.74) is 6.23. The molecule has 18 heavy (non-hydrogen) atoms. The summed E-state index contributed by atoms with van der Waals surface area (Å²) in [6.07, 6.45) is 0.171. The number of aliphatic hydroxyl groups excluding tert-OH is 1. The molecule has 1 saturated heterocycles. The van der Waals surface area contributed by atoms with Gasteiger partial charge < -0.3 is 15.6 Å². The maximum absolute atomic E-state index is 10.5. The van der Waals surface area contributed by atoms with Crippen LogP contribution in [0.5, 0.6) is 0 Å². The van der Waals surface area contributed by atoms with E-state index in [-0.39, 0.29) is 10.8 Å². The van der Waals surface area contributed by atoms with Gasteiger partial charge in [-0.2, -0.15) is 0 Å². The number of aliphatic hydroxyl groups is 1. The summed E-state index contributed by atoms with van der Waals surface area (Å²) in [4.78, 5) is 4.58. The average Bonchev–Trinajstić information content (AvgIpc) is 2.97. The second kappa shape index (κ2) is 4.89. The summed E-state index contributed by atoms with van der Waals surface area (Å²) >= 11 is 1.60. The van der Waals surface area contributed by atoms with E-state index in [0.717, 1.165) is 17.1 Å². The Bertz CT molecular complexity index is 405. The summed E-state index contributed by atoms with van der Waals surface area (Å²) in [7, 11) is 0. The third-order valence-corrected chi connectivity index (χ3v) is 4.85. The third-order valence-electron chi connectivity index (χ3n) is 3.56. The highest BCUT2D eigenvalue weighted by molar-refractivity contribution is 7.09. The Labute approximate surface area is 112 Å². The number of aromatic nitrogens is 1. The molecular formula is C13H22N2O2S. The van der Waals surface area contributed by atoms with Gasteiger partial charge in [0.05, 0.1) is 17.3 Å². The van der Waals surface area contributed by atoms with Crippen LogP contribution in [-0.4, -0.2) is 29.8 Å². The van der Waals surface area contributed by atoms with Gasteiger partial charge in [-0.05, 0) is 6.42 Å². The molecule has 1 aromatic rings. The van der Waals surface area contributed by atoms with Gasteiger partial charge in [0.2, 0.25) is 0 Å². The molecule has 0 spiro atoms. The molecule has 0 radical (unpaired) electrons. The van der Waals surface area contributed by atoms with Crippen molar-refractivity contribution in [3.63, 3.8) is 0 Å². The molecule has 0 amide bonds. The molecule has 1 fully saturated rings. The van der Waals surface area contributed by atoms with Crippen LogP contribution >= 0.6 is 11.3 Å². The van der Waals surface area contributed by atoms with Crippen molar-refractivity contribution < 1.29 is 9.84 Å². The number of ether oxygens (including phenoxy) is 1. The van der Waals surface area contributed by atoms with Crippen LogP contribution in [0.1, 0.15) is 44.0 Å². The van der Waals surface area contributed by atoms with Crippen LogP contribution in [0.25, 0.3) is 0 Å². The Morgan fingerprint density at radius 1 is 1.61 bits per heavy atom. The first-order valence-electron chi connectivity index (χ1n) is 6.31. The lowest BCUT2D eigenvalue weighted by molar-refractivity contribution is 0.0164. The fourth-order valence-corrected chi connectivity index (χ4v) is 3.11. The van der Waals surface area contributed by atoms with Gasteiger partial charge in [0.15, 0.2) is 0 Å². The van der Waals surface area contributed by atoms with Crippen molar-refractivity contribution in [3.05, 3.63) is 16.1 Å². The predicted octanol–water partition coefficient (Wildman–Crippen LogP) is 1.84. The normalized spacial score (nSPS) is 26.5. The molecule has 5 heteroatoms. The SMILES string of the molecule is CC(C)(C)c1nc(C(O)C2(CN)CCOC2)cs1. The minimum atomic E-state index is -0.627. The van der Waals surface area contributed by atoms with Crippen LogP contribution in [0.4, 0.5) is 0 Å². The van der Waals surface area contributed by atoms with Gasteiger partial charge in [-0.3, -0.25) is 0 Å². The van der Waals surface area contributed by atoms with Crippen molar-refractivity contribution in [1.82, 2.24) is 4.98 Å². The van der Waals surface area contributed by atoms with Crippen LogP contribution in [0.3, 0.4) is 0 Å². The fourth-order valence-electron chi connectivity index (χ4n) is 2.18. The van der Waals surface area contributed by atoms with Gasteiger partial charge in [0.1, 0.15) is 6.10 Å². The topological polar surface area (TPSA) is 68.4 Å². The molecule has 3 N–H and O–H groups in total. The number of hydrogen-bond acceptors (Lipinski definition) is 5. The lowest BCUT2D eigenvalue weighted by atomic mass is 9.80. The number of nitrogens with zero attached hydrogens (tertiary/aromatic N) is 1. The molecule has 0 saturated carbocycles. The van der Waals surface area contributed by atoms with Crippen molar-refractivity contribution in [3.8, 4) is 0 Å². The van der Waals surface area contributed by atoms with Crippen LogP contribution in [0.15, 0.2) is 5.38 Å². The summed E-state index contributed by atoms with van der Waals surface area (Å²) in [5, 5.41) is 13.5. The van der Waals surface area contributed by atoms with E-state index in [1.165, 1.54) is 0 Å². The summed E-state index contributed by atoms with van der Waals surface area (Å²) in [6.45, 7) is 7.99. The predicted molar refractivity (Wildman–Crippen MR) is 72.7 cm³/mol. The molecule has 2 atom stereocenters. The molecule has 1 aromatic heterocycles. The molecule has 1 aliphatic heterocycles. The summed E-state index contributed by atoms with van der Waals surface area (Å²) in [6, 6.07) is 0. The van der Waals surface area contributed by atoms with Gasteiger partial charge in [-0.1, -0.05) is 20.8 Å². The van der Waals surface area contributed by atoms with Crippen molar-refractivity contribution in [2.24, 2.45) is 11.1 Å². The largest absolute Gasteiger partial charge is 0.386 e. The third kappa shape index (κ3) is 2.45. The van der Waals surface area contributed by atoms with Gasteiger partial charge in [0, 0.05) is 29.4 Å². The van der Waals surface area contributed by atoms with Gasteiger partial charge in [-0.25, -0.2) is 4.98 Å². The minimum absolute atomic E-state index is 0.0185. The maximum Gasteiger partial charge on any atom is 0.106 e. The Kier molecular flexibility index (Phi) is 3.78. The van der Waals surface area contributed by atoms with Gasteiger partial charge >= 0.3 is 0 Å². The van der Waals surface area contributed by atoms with Crippen LogP contribution in [0, 0.1) is 5.41 Å². The first-order valence-corrected chi connectivity index (χ1v) is 7.19. The van der Waals surface area contributed by atoms with Gasteiger partial charge in [-0.15, -0.1) is 11.3 Å². The Morgan fingerprint density at radius 2 is 2.33 bits per heavy atom. The van der Waals surface area contributed by atoms with E-state index in [2.05, 4.69) is 25.8 Å². The van der Waals surface area contributed by atoms with Crippen molar-refractivity contribution in [1.29, 1.82) is 0 Å².